The third kappa shape index (κ3) is 5.24. The Kier molecular flexibility index (Phi) is 6.55. The standard InChI is InChI=1S/C22H19Cl2NO3/c23-19-9-8-14(10-20(19)24)11-21(26)25-17(13-22(27)28)12-16-6-3-5-15-4-1-2-7-18(15)16/h1-10,17H,11-13H2,(H,25,26)(H,27,28). The van der Waals surface area contributed by atoms with Gasteiger partial charge in [0.1, 0.15) is 0 Å². The van der Waals surface area contributed by atoms with Gasteiger partial charge in [-0.1, -0.05) is 71.7 Å². The first kappa shape index (κ1) is 20.2. The van der Waals surface area contributed by atoms with Crippen LogP contribution in [-0.2, 0) is 22.4 Å². The van der Waals surface area contributed by atoms with Crippen LogP contribution in [0.2, 0.25) is 10.0 Å². The van der Waals surface area contributed by atoms with E-state index in [1.54, 1.807) is 18.2 Å². The number of hydrogen-bond donors (Lipinski definition) is 2. The van der Waals surface area contributed by atoms with E-state index < -0.39 is 12.0 Å². The minimum Gasteiger partial charge on any atom is -0.481 e. The molecule has 0 aliphatic carbocycles. The van der Waals surface area contributed by atoms with Gasteiger partial charge >= 0.3 is 5.97 Å². The second kappa shape index (κ2) is 9.09. The van der Waals surface area contributed by atoms with Crippen molar-refractivity contribution < 1.29 is 14.7 Å². The lowest BCUT2D eigenvalue weighted by atomic mass is 9.97. The van der Waals surface area contributed by atoms with Crippen molar-refractivity contribution in [3.05, 3.63) is 81.8 Å². The molecular weight excluding hydrogens is 397 g/mol. The van der Waals surface area contributed by atoms with Gasteiger partial charge in [0.2, 0.25) is 5.91 Å². The molecule has 3 aromatic rings. The van der Waals surface area contributed by atoms with Crippen LogP contribution >= 0.6 is 23.2 Å². The van der Waals surface area contributed by atoms with Gasteiger partial charge < -0.3 is 10.4 Å². The lowest BCUT2D eigenvalue weighted by molar-refractivity contribution is -0.137. The average molecular weight is 416 g/mol. The summed E-state index contributed by atoms with van der Waals surface area (Å²) >= 11 is 11.9. The van der Waals surface area contributed by atoms with Gasteiger partial charge in [-0.25, -0.2) is 0 Å². The number of rotatable bonds is 7. The first-order chi connectivity index (χ1) is 13.4. The van der Waals surface area contributed by atoms with Gasteiger partial charge in [-0.2, -0.15) is 0 Å². The average Bonchev–Trinajstić information content (AvgIpc) is 2.64. The molecule has 3 aromatic carbocycles. The van der Waals surface area contributed by atoms with Crippen molar-refractivity contribution in [3.63, 3.8) is 0 Å². The van der Waals surface area contributed by atoms with Crippen LogP contribution in [0.5, 0.6) is 0 Å². The molecular formula is C22H19Cl2NO3. The molecule has 0 aliphatic heterocycles. The summed E-state index contributed by atoms with van der Waals surface area (Å²) < 4.78 is 0. The molecule has 0 saturated heterocycles. The number of carboxylic acid groups (broad SMARTS) is 1. The Labute approximate surface area is 173 Å². The van der Waals surface area contributed by atoms with Crippen LogP contribution in [0, 0.1) is 0 Å². The number of benzene rings is 3. The van der Waals surface area contributed by atoms with E-state index in [4.69, 9.17) is 23.2 Å². The Balaban J connectivity index is 1.75. The molecule has 144 valence electrons. The number of carbonyl (C=O) groups is 2. The van der Waals surface area contributed by atoms with E-state index in [1.807, 2.05) is 42.5 Å². The zero-order chi connectivity index (χ0) is 20.1. The van der Waals surface area contributed by atoms with Crippen molar-refractivity contribution >= 4 is 45.9 Å². The number of halogens is 2. The monoisotopic (exact) mass is 415 g/mol. The largest absolute Gasteiger partial charge is 0.481 e. The summed E-state index contributed by atoms with van der Waals surface area (Å²) in [6, 6.07) is 18.3. The van der Waals surface area contributed by atoms with E-state index in [9.17, 15) is 14.7 Å². The van der Waals surface area contributed by atoms with Crippen LogP contribution in [-0.4, -0.2) is 23.0 Å². The number of amides is 1. The maximum absolute atomic E-state index is 12.5. The van der Waals surface area contributed by atoms with Gasteiger partial charge in [0.05, 0.1) is 22.9 Å². The topological polar surface area (TPSA) is 66.4 Å². The minimum absolute atomic E-state index is 0.0997. The summed E-state index contributed by atoms with van der Waals surface area (Å²) in [6.07, 6.45) is 0.375. The van der Waals surface area contributed by atoms with Gasteiger partial charge in [-0.15, -0.1) is 0 Å². The summed E-state index contributed by atoms with van der Waals surface area (Å²) in [5, 5.41) is 15.0. The Morgan fingerprint density at radius 3 is 2.46 bits per heavy atom. The molecule has 0 saturated carbocycles. The molecule has 4 nitrogen and oxygen atoms in total. The number of fused-ring (bicyclic) bond motifs is 1. The highest BCUT2D eigenvalue weighted by Gasteiger charge is 2.18. The zero-order valence-corrected chi connectivity index (χ0v) is 16.5. The maximum Gasteiger partial charge on any atom is 0.305 e. The summed E-state index contributed by atoms with van der Waals surface area (Å²) in [5.41, 5.74) is 1.71. The molecule has 0 aromatic heterocycles. The lowest BCUT2D eigenvalue weighted by Gasteiger charge is -2.18. The molecule has 0 bridgehead atoms. The van der Waals surface area contributed by atoms with Crippen LogP contribution in [0.25, 0.3) is 10.8 Å². The number of nitrogens with one attached hydrogen (secondary N) is 1. The van der Waals surface area contributed by atoms with Crippen LogP contribution in [0.3, 0.4) is 0 Å². The molecule has 3 rings (SSSR count). The van der Waals surface area contributed by atoms with Crippen molar-refractivity contribution in [2.24, 2.45) is 0 Å². The van der Waals surface area contributed by atoms with E-state index in [0.717, 1.165) is 16.3 Å². The molecule has 1 atom stereocenters. The Morgan fingerprint density at radius 1 is 0.964 bits per heavy atom. The van der Waals surface area contributed by atoms with Crippen LogP contribution in [0.1, 0.15) is 17.5 Å². The molecule has 0 spiro atoms. The Hall–Kier alpha value is -2.56. The lowest BCUT2D eigenvalue weighted by Crippen LogP contribution is -2.39. The van der Waals surface area contributed by atoms with Gasteiger partial charge in [0.25, 0.3) is 0 Å². The van der Waals surface area contributed by atoms with Crippen LogP contribution < -0.4 is 5.32 Å². The number of carboxylic acids is 1. The Bertz CT molecular complexity index is 1010. The van der Waals surface area contributed by atoms with Crippen molar-refractivity contribution in [3.8, 4) is 0 Å². The number of carbonyl (C=O) groups excluding carboxylic acids is 1. The number of hydrogen-bond acceptors (Lipinski definition) is 2. The van der Waals surface area contributed by atoms with E-state index in [0.29, 0.717) is 22.0 Å². The normalized spacial score (nSPS) is 11.9. The fraction of sp³-hybridized carbons (Fsp3) is 0.182. The highest BCUT2D eigenvalue weighted by Crippen LogP contribution is 2.23. The first-order valence-corrected chi connectivity index (χ1v) is 9.59. The first-order valence-electron chi connectivity index (χ1n) is 8.84. The van der Waals surface area contributed by atoms with Crippen molar-refractivity contribution in [1.82, 2.24) is 5.32 Å². The predicted octanol–water partition coefficient (Wildman–Crippen LogP) is 4.89. The van der Waals surface area contributed by atoms with Gasteiger partial charge in [-0.05, 0) is 40.5 Å². The quantitative estimate of drug-likeness (QED) is 0.576. The fourth-order valence-electron chi connectivity index (χ4n) is 3.23. The summed E-state index contributed by atoms with van der Waals surface area (Å²) in [5.74, 6) is -1.22. The highest BCUT2D eigenvalue weighted by atomic mass is 35.5. The molecule has 28 heavy (non-hydrogen) atoms. The van der Waals surface area contributed by atoms with Crippen molar-refractivity contribution in [2.75, 3.05) is 0 Å². The Morgan fingerprint density at radius 2 is 1.71 bits per heavy atom. The molecule has 0 aliphatic rings. The molecule has 0 fully saturated rings. The number of aliphatic carboxylic acids is 1. The minimum atomic E-state index is -0.958. The molecule has 1 amide bonds. The van der Waals surface area contributed by atoms with Crippen molar-refractivity contribution in [2.45, 2.75) is 25.3 Å². The summed E-state index contributed by atoms with van der Waals surface area (Å²) in [7, 11) is 0. The van der Waals surface area contributed by atoms with E-state index in [1.165, 1.54) is 0 Å². The second-order valence-corrected chi connectivity index (χ2v) is 7.44. The predicted molar refractivity (Wildman–Crippen MR) is 112 cm³/mol. The SMILES string of the molecule is O=C(O)CC(Cc1cccc2ccccc12)NC(=O)Cc1ccc(Cl)c(Cl)c1. The highest BCUT2D eigenvalue weighted by molar-refractivity contribution is 6.42. The maximum atomic E-state index is 12.5. The third-order valence-corrected chi connectivity index (χ3v) is 5.22. The van der Waals surface area contributed by atoms with Gasteiger partial charge in [0, 0.05) is 6.04 Å². The van der Waals surface area contributed by atoms with Gasteiger partial charge in [-0.3, -0.25) is 9.59 Å². The van der Waals surface area contributed by atoms with Gasteiger partial charge in [0.15, 0.2) is 0 Å². The molecule has 0 heterocycles. The van der Waals surface area contributed by atoms with Crippen molar-refractivity contribution in [1.29, 1.82) is 0 Å². The molecule has 1 unspecified atom stereocenters. The summed E-state index contributed by atoms with van der Waals surface area (Å²) in [6.45, 7) is 0. The molecule has 0 radical (unpaired) electrons. The molecule has 2 N–H and O–H groups in total. The molecule has 6 heteroatoms. The second-order valence-electron chi connectivity index (χ2n) is 6.63. The fourth-order valence-corrected chi connectivity index (χ4v) is 3.56. The third-order valence-electron chi connectivity index (χ3n) is 4.48. The summed E-state index contributed by atoms with van der Waals surface area (Å²) in [4.78, 5) is 23.8. The van der Waals surface area contributed by atoms with Crippen LogP contribution in [0.15, 0.2) is 60.7 Å². The smallest absolute Gasteiger partial charge is 0.305 e. The van der Waals surface area contributed by atoms with E-state index in [-0.39, 0.29) is 18.7 Å². The zero-order valence-electron chi connectivity index (χ0n) is 15.0. The van der Waals surface area contributed by atoms with E-state index >= 15 is 0 Å². The van der Waals surface area contributed by atoms with Crippen LogP contribution in [0.4, 0.5) is 0 Å². The van der Waals surface area contributed by atoms with E-state index in [2.05, 4.69) is 5.32 Å².